The molecule has 0 aliphatic heterocycles. The number of hydrogen-bond donors (Lipinski definition) is 3. The lowest BCUT2D eigenvalue weighted by atomic mass is 10.2. The van der Waals surface area contributed by atoms with Gasteiger partial charge in [-0.25, -0.2) is 0 Å². The van der Waals surface area contributed by atoms with Gasteiger partial charge in [0.15, 0.2) is 0 Å². The lowest BCUT2D eigenvalue weighted by Gasteiger charge is -2.13. The molecule has 5 heteroatoms. The lowest BCUT2D eigenvalue weighted by molar-refractivity contribution is -0.120. The number of amides is 1. The van der Waals surface area contributed by atoms with Gasteiger partial charge in [-0.1, -0.05) is 13.8 Å². The fraction of sp³-hybridized carbons (Fsp3) is 0.562. The van der Waals surface area contributed by atoms with Gasteiger partial charge in [0.05, 0.1) is 6.10 Å². The van der Waals surface area contributed by atoms with E-state index in [9.17, 15) is 4.79 Å². The quantitative estimate of drug-likeness (QED) is 0.644. The summed E-state index contributed by atoms with van der Waals surface area (Å²) in [7, 11) is 0. The van der Waals surface area contributed by atoms with Crippen LogP contribution < -0.4 is 21.1 Å². The van der Waals surface area contributed by atoms with Crippen molar-refractivity contribution in [1.29, 1.82) is 0 Å². The van der Waals surface area contributed by atoms with Gasteiger partial charge in [0.1, 0.15) is 5.75 Å². The Morgan fingerprint density at radius 2 is 1.95 bits per heavy atom. The highest BCUT2D eigenvalue weighted by atomic mass is 16.5. The number of carbonyl (C=O) groups excluding carboxylic acids is 1. The molecular formula is C16H27N3O2. The van der Waals surface area contributed by atoms with E-state index in [1.807, 2.05) is 26.0 Å². The van der Waals surface area contributed by atoms with Crippen LogP contribution >= 0.6 is 0 Å². The second kappa shape index (κ2) is 8.39. The Morgan fingerprint density at radius 3 is 2.57 bits per heavy atom. The van der Waals surface area contributed by atoms with Gasteiger partial charge in [-0.3, -0.25) is 4.79 Å². The van der Waals surface area contributed by atoms with Gasteiger partial charge in [-0.15, -0.1) is 0 Å². The summed E-state index contributed by atoms with van der Waals surface area (Å²) in [5, 5.41) is 6.09. The summed E-state index contributed by atoms with van der Waals surface area (Å²) in [5.74, 6) is 1.25. The minimum atomic E-state index is 0.0544. The molecule has 0 bridgehead atoms. The Morgan fingerprint density at radius 1 is 1.24 bits per heavy atom. The van der Waals surface area contributed by atoms with Crippen LogP contribution in [0.15, 0.2) is 18.2 Å². The second-order valence-corrected chi connectivity index (χ2v) is 5.83. The molecule has 0 atom stereocenters. The maximum atomic E-state index is 11.6. The first-order chi connectivity index (χ1) is 9.86. The van der Waals surface area contributed by atoms with E-state index in [0.717, 1.165) is 11.4 Å². The third-order valence-corrected chi connectivity index (χ3v) is 2.69. The van der Waals surface area contributed by atoms with Crippen LogP contribution in [-0.2, 0) is 4.79 Å². The van der Waals surface area contributed by atoms with Gasteiger partial charge in [-0.2, -0.15) is 0 Å². The van der Waals surface area contributed by atoms with E-state index in [1.54, 1.807) is 6.07 Å². The van der Waals surface area contributed by atoms with E-state index < -0.39 is 0 Å². The van der Waals surface area contributed by atoms with Crippen LogP contribution in [0.2, 0.25) is 0 Å². The average Bonchev–Trinajstić information content (AvgIpc) is 2.34. The van der Waals surface area contributed by atoms with Crippen molar-refractivity contribution in [2.24, 2.45) is 5.92 Å². The van der Waals surface area contributed by atoms with Crippen LogP contribution in [0.5, 0.6) is 5.75 Å². The maximum Gasteiger partial charge on any atom is 0.221 e. The minimum Gasteiger partial charge on any atom is -0.491 e. The number of nitrogen functional groups attached to an aromatic ring is 1. The summed E-state index contributed by atoms with van der Waals surface area (Å²) < 4.78 is 5.63. The molecule has 0 spiro atoms. The number of ether oxygens (including phenoxy) is 1. The first kappa shape index (κ1) is 17.1. The van der Waals surface area contributed by atoms with E-state index >= 15 is 0 Å². The topological polar surface area (TPSA) is 76.4 Å². The monoisotopic (exact) mass is 293 g/mol. The SMILES string of the molecule is CC(C)CNC(=O)CCNc1cc(N)cc(OC(C)C)c1. The van der Waals surface area contributed by atoms with Crippen LogP contribution in [0.4, 0.5) is 11.4 Å². The largest absolute Gasteiger partial charge is 0.491 e. The Kier molecular flexibility index (Phi) is 6.85. The molecule has 0 radical (unpaired) electrons. The molecule has 0 aliphatic carbocycles. The van der Waals surface area contributed by atoms with E-state index in [4.69, 9.17) is 10.5 Å². The van der Waals surface area contributed by atoms with Crippen molar-refractivity contribution in [2.75, 3.05) is 24.1 Å². The summed E-state index contributed by atoms with van der Waals surface area (Å²) in [6.45, 7) is 9.35. The number of nitrogens with one attached hydrogen (secondary N) is 2. The van der Waals surface area contributed by atoms with Crippen molar-refractivity contribution >= 4 is 17.3 Å². The van der Waals surface area contributed by atoms with Gasteiger partial charge in [0.2, 0.25) is 5.91 Å². The number of nitrogens with two attached hydrogens (primary N) is 1. The van der Waals surface area contributed by atoms with Crippen LogP contribution in [0.1, 0.15) is 34.1 Å². The normalized spacial score (nSPS) is 10.8. The van der Waals surface area contributed by atoms with Gasteiger partial charge in [0, 0.05) is 43.0 Å². The number of hydrogen-bond acceptors (Lipinski definition) is 4. The zero-order valence-electron chi connectivity index (χ0n) is 13.4. The minimum absolute atomic E-state index is 0.0544. The van der Waals surface area contributed by atoms with Gasteiger partial charge < -0.3 is 21.1 Å². The van der Waals surface area contributed by atoms with Crippen molar-refractivity contribution in [3.05, 3.63) is 18.2 Å². The Balaban J connectivity index is 2.44. The molecule has 21 heavy (non-hydrogen) atoms. The zero-order chi connectivity index (χ0) is 15.8. The van der Waals surface area contributed by atoms with Crippen LogP contribution in [0.25, 0.3) is 0 Å². The van der Waals surface area contributed by atoms with Gasteiger partial charge in [-0.05, 0) is 25.8 Å². The van der Waals surface area contributed by atoms with E-state index in [1.165, 1.54) is 0 Å². The van der Waals surface area contributed by atoms with Crippen LogP contribution in [0, 0.1) is 5.92 Å². The summed E-state index contributed by atoms with van der Waals surface area (Å²) in [4.78, 5) is 11.6. The molecule has 0 unspecified atom stereocenters. The molecule has 0 saturated heterocycles. The maximum absolute atomic E-state index is 11.6. The number of benzene rings is 1. The summed E-state index contributed by atoms with van der Waals surface area (Å²) in [6, 6.07) is 5.52. The third kappa shape index (κ3) is 7.44. The molecule has 1 aromatic carbocycles. The third-order valence-electron chi connectivity index (χ3n) is 2.69. The van der Waals surface area contributed by atoms with Crippen molar-refractivity contribution in [1.82, 2.24) is 5.32 Å². The summed E-state index contributed by atoms with van der Waals surface area (Å²) in [5.41, 5.74) is 7.35. The molecule has 4 N–H and O–H groups in total. The number of rotatable bonds is 8. The fourth-order valence-electron chi connectivity index (χ4n) is 1.79. The van der Waals surface area contributed by atoms with Gasteiger partial charge in [0.25, 0.3) is 0 Å². The summed E-state index contributed by atoms with van der Waals surface area (Å²) >= 11 is 0. The highest BCUT2D eigenvalue weighted by molar-refractivity contribution is 5.76. The zero-order valence-corrected chi connectivity index (χ0v) is 13.4. The molecule has 1 aromatic rings. The molecule has 0 aliphatic rings. The Hall–Kier alpha value is -1.91. The standard InChI is InChI=1S/C16H27N3O2/c1-11(2)10-19-16(20)5-6-18-14-7-13(17)8-15(9-14)21-12(3)4/h7-9,11-12,18H,5-6,10,17H2,1-4H3,(H,19,20). The van der Waals surface area contributed by atoms with Gasteiger partial charge >= 0.3 is 0 Å². The van der Waals surface area contributed by atoms with Crippen molar-refractivity contribution in [3.8, 4) is 5.75 Å². The predicted octanol–water partition coefficient (Wildman–Crippen LogP) is 2.63. The van der Waals surface area contributed by atoms with E-state index in [-0.39, 0.29) is 12.0 Å². The molecule has 0 fully saturated rings. The number of anilines is 2. The van der Waals surface area contributed by atoms with Crippen molar-refractivity contribution in [3.63, 3.8) is 0 Å². The highest BCUT2D eigenvalue weighted by Crippen LogP contribution is 2.23. The predicted molar refractivity (Wildman–Crippen MR) is 87.6 cm³/mol. The van der Waals surface area contributed by atoms with Crippen LogP contribution in [0.3, 0.4) is 0 Å². The fourth-order valence-corrected chi connectivity index (χ4v) is 1.79. The molecule has 0 heterocycles. The highest BCUT2D eigenvalue weighted by Gasteiger charge is 2.04. The van der Waals surface area contributed by atoms with Crippen LogP contribution in [-0.4, -0.2) is 25.1 Å². The first-order valence-corrected chi connectivity index (χ1v) is 7.44. The molecule has 118 valence electrons. The van der Waals surface area contributed by atoms with Crippen molar-refractivity contribution in [2.45, 2.75) is 40.2 Å². The molecule has 5 nitrogen and oxygen atoms in total. The molecule has 0 saturated carbocycles. The average molecular weight is 293 g/mol. The molecular weight excluding hydrogens is 266 g/mol. The van der Waals surface area contributed by atoms with E-state index in [0.29, 0.717) is 31.1 Å². The molecule has 1 rings (SSSR count). The summed E-state index contributed by atoms with van der Waals surface area (Å²) in [6.07, 6.45) is 0.531. The first-order valence-electron chi connectivity index (χ1n) is 7.44. The number of carbonyl (C=O) groups is 1. The van der Waals surface area contributed by atoms with E-state index in [2.05, 4.69) is 24.5 Å². The lowest BCUT2D eigenvalue weighted by Crippen LogP contribution is -2.28. The Labute approximate surface area is 127 Å². The smallest absolute Gasteiger partial charge is 0.221 e. The molecule has 1 amide bonds. The Bertz CT molecular complexity index is 459. The van der Waals surface area contributed by atoms with Crippen molar-refractivity contribution < 1.29 is 9.53 Å². The second-order valence-electron chi connectivity index (χ2n) is 5.83. The molecule has 0 aromatic heterocycles.